The SMILES string of the molecule is CC(=O)Oc1ccc(C(=O)Nc2ccc(S(=O)(=O)Nc3nccs3)cc2)cc1. The lowest BCUT2D eigenvalue weighted by Gasteiger charge is -2.08. The number of nitrogens with zero attached hydrogens (tertiary/aromatic N) is 1. The molecular formula is C18H15N3O5S2. The van der Waals surface area contributed by atoms with Crippen LogP contribution in [-0.4, -0.2) is 25.3 Å². The second-order valence-electron chi connectivity index (χ2n) is 5.54. The van der Waals surface area contributed by atoms with Gasteiger partial charge in [-0.1, -0.05) is 0 Å². The van der Waals surface area contributed by atoms with Gasteiger partial charge in [-0.2, -0.15) is 0 Å². The molecule has 28 heavy (non-hydrogen) atoms. The third kappa shape index (κ3) is 4.93. The zero-order valence-electron chi connectivity index (χ0n) is 14.6. The fraction of sp³-hybridized carbons (Fsp3) is 0.0556. The Hall–Kier alpha value is -3.24. The summed E-state index contributed by atoms with van der Waals surface area (Å²) in [7, 11) is -3.75. The molecule has 8 nitrogen and oxygen atoms in total. The van der Waals surface area contributed by atoms with E-state index in [-0.39, 0.29) is 15.9 Å². The summed E-state index contributed by atoms with van der Waals surface area (Å²) in [5.41, 5.74) is 0.792. The molecule has 0 aliphatic rings. The standard InChI is InChI=1S/C18H15N3O5S2/c1-12(22)26-15-6-2-13(3-7-15)17(23)20-14-4-8-16(9-5-14)28(24,25)21-18-19-10-11-27-18/h2-11H,1H3,(H,19,21)(H,20,23). The number of carbonyl (C=O) groups excluding carboxylic acids is 2. The number of thiazole rings is 1. The number of anilines is 2. The van der Waals surface area contributed by atoms with Crippen molar-refractivity contribution in [2.24, 2.45) is 0 Å². The van der Waals surface area contributed by atoms with Gasteiger partial charge in [0.1, 0.15) is 5.75 Å². The molecule has 1 heterocycles. The highest BCUT2D eigenvalue weighted by Crippen LogP contribution is 2.20. The maximum Gasteiger partial charge on any atom is 0.308 e. The van der Waals surface area contributed by atoms with Gasteiger partial charge in [-0.05, 0) is 48.5 Å². The van der Waals surface area contributed by atoms with Crippen molar-refractivity contribution in [3.63, 3.8) is 0 Å². The Morgan fingerprint density at radius 1 is 1.04 bits per heavy atom. The van der Waals surface area contributed by atoms with E-state index >= 15 is 0 Å². The number of sulfonamides is 1. The van der Waals surface area contributed by atoms with Crippen molar-refractivity contribution in [3.8, 4) is 5.75 Å². The number of rotatable bonds is 6. The van der Waals surface area contributed by atoms with E-state index in [1.54, 1.807) is 5.38 Å². The van der Waals surface area contributed by atoms with Crippen LogP contribution in [0.15, 0.2) is 65.0 Å². The predicted molar refractivity (Wildman–Crippen MR) is 105 cm³/mol. The van der Waals surface area contributed by atoms with Crippen LogP contribution in [0.1, 0.15) is 17.3 Å². The summed E-state index contributed by atoms with van der Waals surface area (Å²) in [5.74, 6) is -0.492. The van der Waals surface area contributed by atoms with Gasteiger partial charge in [0.15, 0.2) is 5.13 Å². The van der Waals surface area contributed by atoms with Crippen LogP contribution in [0.25, 0.3) is 0 Å². The van der Waals surface area contributed by atoms with E-state index < -0.39 is 16.0 Å². The molecule has 2 aromatic carbocycles. The minimum atomic E-state index is -3.75. The van der Waals surface area contributed by atoms with E-state index in [2.05, 4.69) is 15.0 Å². The Balaban J connectivity index is 1.66. The lowest BCUT2D eigenvalue weighted by molar-refractivity contribution is -0.131. The molecule has 1 amide bonds. The van der Waals surface area contributed by atoms with Crippen molar-refractivity contribution in [2.75, 3.05) is 10.0 Å². The van der Waals surface area contributed by atoms with E-state index in [1.807, 2.05) is 0 Å². The summed E-state index contributed by atoms with van der Waals surface area (Å²) in [6.07, 6.45) is 1.50. The average molecular weight is 417 g/mol. The molecule has 0 bridgehead atoms. The molecule has 2 N–H and O–H groups in total. The predicted octanol–water partition coefficient (Wildman–Crippen LogP) is 3.12. The van der Waals surface area contributed by atoms with E-state index in [9.17, 15) is 18.0 Å². The first kappa shape index (κ1) is 19.5. The van der Waals surface area contributed by atoms with Crippen LogP contribution in [0, 0.1) is 0 Å². The molecule has 1 aromatic heterocycles. The van der Waals surface area contributed by atoms with Crippen LogP contribution in [0.3, 0.4) is 0 Å². The van der Waals surface area contributed by atoms with Gasteiger partial charge in [0, 0.05) is 29.8 Å². The molecule has 3 rings (SSSR count). The van der Waals surface area contributed by atoms with Gasteiger partial charge in [0.05, 0.1) is 4.90 Å². The molecule has 10 heteroatoms. The molecule has 3 aromatic rings. The molecule has 0 saturated heterocycles. The number of hydrogen-bond donors (Lipinski definition) is 2. The number of nitrogens with one attached hydrogen (secondary N) is 2. The first-order valence-electron chi connectivity index (χ1n) is 7.96. The minimum absolute atomic E-state index is 0.0476. The van der Waals surface area contributed by atoms with E-state index in [0.717, 1.165) is 0 Å². The van der Waals surface area contributed by atoms with Crippen LogP contribution in [0.4, 0.5) is 10.8 Å². The van der Waals surface area contributed by atoms with E-state index in [0.29, 0.717) is 17.0 Å². The lowest BCUT2D eigenvalue weighted by atomic mass is 10.2. The summed E-state index contributed by atoms with van der Waals surface area (Å²) in [5, 5.41) is 4.61. The summed E-state index contributed by atoms with van der Waals surface area (Å²) in [6.45, 7) is 1.29. The highest BCUT2D eigenvalue weighted by molar-refractivity contribution is 7.93. The fourth-order valence-electron chi connectivity index (χ4n) is 2.21. The number of benzene rings is 2. The molecule has 0 aliphatic heterocycles. The van der Waals surface area contributed by atoms with Crippen LogP contribution in [-0.2, 0) is 14.8 Å². The molecular weight excluding hydrogens is 402 g/mol. The van der Waals surface area contributed by atoms with Gasteiger partial charge in [0.25, 0.3) is 15.9 Å². The van der Waals surface area contributed by atoms with E-state index in [4.69, 9.17) is 4.74 Å². The Labute approximate surface area is 165 Å². The zero-order valence-corrected chi connectivity index (χ0v) is 16.2. The van der Waals surface area contributed by atoms with Crippen LogP contribution in [0.2, 0.25) is 0 Å². The maximum absolute atomic E-state index is 12.3. The van der Waals surface area contributed by atoms with Crippen molar-refractivity contribution in [2.45, 2.75) is 11.8 Å². The third-order valence-corrected chi connectivity index (χ3v) is 5.63. The Kier molecular flexibility index (Phi) is 5.71. The van der Waals surface area contributed by atoms with Gasteiger partial charge >= 0.3 is 5.97 Å². The number of hydrogen-bond acceptors (Lipinski definition) is 7. The summed E-state index contributed by atoms with van der Waals surface area (Å²) >= 11 is 1.17. The smallest absolute Gasteiger partial charge is 0.308 e. The average Bonchev–Trinajstić information content (AvgIpc) is 3.14. The largest absolute Gasteiger partial charge is 0.427 e. The Bertz CT molecular complexity index is 1080. The summed E-state index contributed by atoms with van der Waals surface area (Å²) < 4.78 is 31.9. The van der Waals surface area contributed by atoms with Crippen LogP contribution in [0.5, 0.6) is 5.75 Å². The number of amides is 1. The van der Waals surface area contributed by atoms with Gasteiger partial charge in [0.2, 0.25) is 0 Å². The summed E-state index contributed by atoms with van der Waals surface area (Å²) in [6, 6.07) is 11.8. The Morgan fingerprint density at radius 3 is 2.29 bits per heavy atom. The molecule has 0 spiro atoms. The quantitative estimate of drug-likeness (QED) is 0.470. The normalized spacial score (nSPS) is 10.9. The number of aromatic nitrogens is 1. The third-order valence-electron chi connectivity index (χ3n) is 3.45. The monoisotopic (exact) mass is 417 g/mol. The Morgan fingerprint density at radius 2 is 1.71 bits per heavy atom. The van der Waals surface area contributed by atoms with Crippen LogP contribution < -0.4 is 14.8 Å². The van der Waals surface area contributed by atoms with Crippen molar-refractivity contribution < 1.29 is 22.7 Å². The molecule has 0 atom stereocenters. The second kappa shape index (κ2) is 8.19. The number of ether oxygens (including phenoxy) is 1. The van der Waals surface area contributed by atoms with Gasteiger partial charge < -0.3 is 10.1 Å². The highest BCUT2D eigenvalue weighted by Gasteiger charge is 2.15. The number of esters is 1. The van der Waals surface area contributed by atoms with Crippen molar-refractivity contribution >= 4 is 44.1 Å². The maximum atomic E-state index is 12.3. The molecule has 144 valence electrons. The molecule has 0 radical (unpaired) electrons. The first-order valence-corrected chi connectivity index (χ1v) is 10.3. The van der Waals surface area contributed by atoms with Gasteiger partial charge in [-0.15, -0.1) is 11.3 Å². The van der Waals surface area contributed by atoms with Gasteiger partial charge in [-0.25, -0.2) is 13.4 Å². The number of carbonyl (C=O) groups is 2. The van der Waals surface area contributed by atoms with Crippen molar-refractivity contribution in [1.29, 1.82) is 0 Å². The lowest BCUT2D eigenvalue weighted by Crippen LogP contribution is -2.14. The summed E-state index contributed by atoms with van der Waals surface area (Å²) in [4.78, 5) is 27.1. The molecule has 0 unspecified atom stereocenters. The topological polar surface area (TPSA) is 114 Å². The first-order chi connectivity index (χ1) is 13.3. The second-order valence-corrected chi connectivity index (χ2v) is 8.12. The van der Waals surface area contributed by atoms with Crippen molar-refractivity contribution in [1.82, 2.24) is 4.98 Å². The highest BCUT2D eigenvalue weighted by atomic mass is 32.2. The molecule has 0 aliphatic carbocycles. The molecule has 0 saturated carbocycles. The zero-order chi connectivity index (χ0) is 20.1. The molecule has 0 fully saturated rings. The van der Waals surface area contributed by atoms with Gasteiger partial charge in [-0.3, -0.25) is 14.3 Å². The fourth-order valence-corrected chi connectivity index (χ4v) is 4.00. The van der Waals surface area contributed by atoms with E-state index in [1.165, 1.54) is 73.0 Å². The minimum Gasteiger partial charge on any atom is -0.427 e. The van der Waals surface area contributed by atoms with Crippen molar-refractivity contribution in [3.05, 3.63) is 65.7 Å². The van der Waals surface area contributed by atoms with Crippen LogP contribution >= 0.6 is 11.3 Å².